The van der Waals surface area contributed by atoms with Gasteiger partial charge in [-0.05, 0) is 24.7 Å². The second-order valence-electron chi connectivity index (χ2n) is 4.52. The smallest absolute Gasteiger partial charge is 0.104 e. The maximum Gasteiger partial charge on any atom is 0.104 e. The van der Waals surface area contributed by atoms with Crippen molar-refractivity contribution < 1.29 is 19.8 Å². The van der Waals surface area contributed by atoms with Crippen molar-refractivity contribution in [2.24, 2.45) is 5.92 Å². The molecule has 5 heteroatoms. The van der Waals surface area contributed by atoms with Gasteiger partial charge in [-0.1, -0.05) is 20.8 Å². The maximum atomic E-state index is 9.80. The number of aliphatic hydroxyl groups excluding tert-OH is 2. The number of aliphatic hydroxyl groups is 2. The fourth-order valence-corrected chi connectivity index (χ4v) is 2.54. The molecule has 0 aromatic heterocycles. The van der Waals surface area contributed by atoms with Crippen LogP contribution in [0.1, 0.15) is 27.7 Å². The van der Waals surface area contributed by atoms with Gasteiger partial charge < -0.3 is 19.8 Å². The average Bonchev–Trinajstić information content (AvgIpc) is 2.24. The van der Waals surface area contributed by atoms with Gasteiger partial charge >= 0.3 is 0 Å². The van der Waals surface area contributed by atoms with E-state index in [2.05, 4.69) is 0 Å². The fraction of sp³-hybridized carbons (Fsp3) is 1.00. The van der Waals surface area contributed by atoms with Crippen molar-refractivity contribution in [3.8, 4) is 0 Å². The van der Waals surface area contributed by atoms with E-state index in [1.807, 2.05) is 27.7 Å². The van der Waals surface area contributed by atoms with Gasteiger partial charge in [-0.3, -0.25) is 0 Å². The zero-order chi connectivity index (χ0) is 12.7. The highest BCUT2D eigenvalue weighted by molar-refractivity contribution is 7.52. The van der Waals surface area contributed by atoms with Gasteiger partial charge in [0.05, 0.1) is 19.3 Å². The van der Waals surface area contributed by atoms with Gasteiger partial charge in [0, 0.05) is 8.15 Å². The van der Waals surface area contributed by atoms with Crippen LogP contribution in [0.2, 0.25) is 0 Å². The predicted octanol–water partition coefficient (Wildman–Crippen LogP) is 1.18. The predicted molar refractivity (Wildman–Crippen MR) is 66.8 cm³/mol. The molecule has 0 aromatic carbocycles. The van der Waals surface area contributed by atoms with Gasteiger partial charge in [0.1, 0.15) is 6.10 Å². The summed E-state index contributed by atoms with van der Waals surface area (Å²) >= 11 is 0. The SMILES string of the molecule is CC(CP(O)C(C)C)C(C)OC(CO)CO. The lowest BCUT2D eigenvalue weighted by atomic mass is 10.1. The van der Waals surface area contributed by atoms with Crippen LogP contribution in [0, 0.1) is 5.92 Å². The minimum atomic E-state index is -0.950. The Morgan fingerprint density at radius 2 is 1.56 bits per heavy atom. The summed E-state index contributed by atoms with van der Waals surface area (Å²) in [7, 11) is -0.950. The Morgan fingerprint density at radius 3 is 1.94 bits per heavy atom. The van der Waals surface area contributed by atoms with Crippen LogP contribution < -0.4 is 0 Å². The van der Waals surface area contributed by atoms with Gasteiger partial charge in [-0.15, -0.1) is 0 Å². The van der Waals surface area contributed by atoms with Gasteiger partial charge in [0.2, 0.25) is 0 Å². The van der Waals surface area contributed by atoms with E-state index in [4.69, 9.17) is 14.9 Å². The van der Waals surface area contributed by atoms with E-state index in [-0.39, 0.29) is 25.2 Å². The standard InChI is InChI=1S/C11H25O4P/c1-8(2)16(14)7-9(3)10(4)15-11(5-12)6-13/h8-14H,5-7H2,1-4H3. The Bertz CT molecular complexity index is 165. The Balaban J connectivity index is 4.02. The normalized spacial score (nSPS) is 17.8. The molecule has 98 valence electrons. The molecule has 0 aliphatic heterocycles. The Morgan fingerprint density at radius 1 is 1.06 bits per heavy atom. The summed E-state index contributed by atoms with van der Waals surface area (Å²) in [6.07, 6.45) is 0.152. The molecule has 0 saturated carbocycles. The van der Waals surface area contributed by atoms with E-state index in [0.717, 1.165) is 6.16 Å². The molecule has 0 radical (unpaired) electrons. The summed E-state index contributed by atoms with van der Waals surface area (Å²) in [5.41, 5.74) is 0.302. The van der Waals surface area contributed by atoms with E-state index in [0.29, 0.717) is 5.66 Å². The van der Waals surface area contributed by atoms with Crippen LogP contribution in [0.5, 0.6) is 0 Å². The van der Waals surface area contributed by atoms with Crippen LogP contribution in [0.3, 0.4) is 0 Å². The largest absolute Gasteiger partial charge is 0.394 e. The summed E-state index contributed by atoms with van der Waals surface area (Å²) in [5.74, 6) is 0.221. The molecule has 16 heavy (non-hydrogen) atoms. The van der Waals surface area contributed by atoms with E-state index in [1.54, 1.807) is 0 Å². The van der Waals surface area contributed by atoms with Crippen molar-refractivity contribution >= 4 is 8.15 Å². The highest BCUT2D eigenvalue weighted by Gasteiger charge is 2.21. The molecule has 0 aliphatic rings. The number of hydrogen-bond acceptors (Lipinski definition) is 4. The first-order valence-corrected chi connectivity index (χ1v) is 7.29. The molecule has 3 unspecified atom stereocenters. The molecule has 3 atom stereocenters. The molecule has 0 spiro atoms. The summed E-state index contributed by atoms with van der Waals surface area (Å²) in [5, 5.41) is 17.8. The topological polar surface area (TPSA) is 69.9 Å². The summed E-state index contributed by atoms with van der Waals surface area (Å²) in [4.78, 5) is 9.80. The first-order chi connectivity index (χ1) is 7.42. The molecule has 0 amide bonds. The van der Waals surface area contributed by atoms with Crippen molar-refractivity contribution in [1.29, 1.82) is 0 Å². The monoisotopic (exact) mass is 252 g/mol. The van der Waals surface area contributed by atoms with Crippen molar-refractivity contribution in [3.63, 3.8) is 0 Å². The minimum absolute atomic E-state index is 0.0693. The zero-order valence-corrected chi connectivity index (χ0v) is 11.5. The Labute approximate surface area is 99.5 Å². The van der Waals surface area contributed by atoms with Gasteiger partial charge in [0.15, 0.2) is 0 Å². The Hall–Kier alpha value is 0.270. The third-order valence-electron chi connectivity index (χ3n) is 2.69. The first-order valence-electron chi connectivity index (χ1n) is 5.75. The van der Waals surface area contributed by atoms with Crippen molar-refractivity contribution in [1.82, 2.24) is 0 Å². The molecular weight excluding hydrogens is 227 g/mol. The third-order valence-corrected chi connectivity index (χ3v) is 4.83. The molecule has 0 fully saturated rings. The second-order valence-corrected chi connectivity index (χ2v) is 6.80. The molecule has 0 heterocycles. The van der Waals surface area contributed by atoms with E-state index < -0.39 is 14.3 Å². The summed E-state index contributed by atoms with van der Waals surface area (Å²) in [6.45, 7) is 7.59. The van der Waals surface area contributed by atoms with E-state index >= 15 is 0 Å². The summed E-state index contributed by atoms with van der Waals surface area (Å²) in [6, 6.07) is 0. The van der Waals surface area contributed by atoms with Crippen LogP contribution in [0.4, 0.5) is 0 Å². The lowest BCUT2D eigenvalue weighted by molar-refractivity contribution is -0.0708. The van der Waals surface area contributed by atoms with Gasteiger partial charge in [-0.25, -0.2) is 0 Å². The van der Waals surface area contributed by atoms with Crippen LogP contribution in [-0.4, -0.2) is 52.3 Å². The lowest BCUT2D eigenvalue weighted by Gasteiger charge is -2.27. The molecule has 0 rings (SSSR count). The second kappa shape index (κ2) is 8.37. The zero-order valence-electron chi connectivity index (χ0n) is 10.6. The lowest BCUT2D eigenvalue weighted by Crippen LogP contribution is -2.31. The highest BCUT2D eigenvalue weighted by Crippen LogP contribution is 2.38. The maximum absolute atomic E-state index is 9.80. The molecule has 0 aliphatic carbocycles. The number of hydrogen-bond donors (Lipinski definition) is 3. The summed E-state index contributed by atoms with van der Waals surface area (Å²) < 4.78 is 5.49. The van der Waals surface area contributed by atoms with Crippen LogP contribution >= 0.6 is 8.15 Å². The molecule has 4 nitrogen and oxygen atoms in total. The number of ether oxygens (including phenoxy) is 1. The fourth-order valence-electron chi connectivity index (χ4n) is 1.24. The van der Waals surface area contributed by atoms with Crippen LogP contribution in [0.15, 0.2) is 0 Å². The average molecular weight is 252 g/mol. The molecular formula is C11H25O4P. The van der Waals surface area contributed by atoms with Crippen molar-refractivity contribution in [2.75, 3.05) is 19.4 Å². The molecule has 0 saturated heterocycles. The first kappa shape index (κ1) is 16.3. The number of rotatable bonds is 8. The molecule has 0 bridgehead atoms. The Kier molecular flexibility index (Phi) is 8.52. The van der Waals surface area contributed by atoms with E-state index in [9.17, 15) is 4.89 Å². The van der Waals surface area contributed by atoms with Crippen molar-refractivity contribution in [3.05, 3.63) is 0 Å². The molecule has 0 aromatic rings. The highest BCUT2D eigenvalue weighted by atomic mass is 31.1. The van der Waals surface area contributed by atoms with E-state index in [1.165, 1.54) is 0 Å². The van der Waals surface area contributed by atoms with Crippen LogP contribution in [0.25, 0.3) is 0 Å². The molecule has 3 N–H and O–H groups in total. The van der Waals surface area contributed by atoms with Gasteiger partial charge in [0.25, 0.3) is 0 Å². The van der Waals surface area contributed by atoms with Crippen LogP contribution in [-0.2, 0) is 4.74 Å². The van der Waals surface area contributed by atoms with Crippen molar-refractivity contribution in [2.45, 2.75) is 45.6 Å². The third kappa shape index (κ3) is 6.12. The van der Waals surface area contributed by atoms with Gasteiger partial charge in [-0.2, -0.15) is 0 Å². The quantitative estimate of drug-likeness (QED) is 0.567. The minimum Gasteiger partial charge on any atom is -0.394 e.